The summed E-state index contributed by atoms with van der Waals surface area (Å²) in [5.41, 5.74) is -1.79. The SMILES string of the molecule is C=C1C[C@@](C)(C(=O)O)[C@](C)(C(=O)O)C1. The molecule has 0 saturated heterocycles. The Morgan fingerprint density at radius 2 is 1.43 bits per heavy atom. The quantitative estimate of drug-likeness (QED) is 0.659. The molecule has 1 fully saturated rings. The highest BCUT2D eigenvalue weighted by Crippen LogP contribution is 2.54. The predicted octanol–water partition coefficient (Wildman–Crippen LogP) is 1.52. The van der Waals surface area contributed by atoms with E-state index in [1.807, 2.05) is 0 Å². The van der Waals surface area contributed by atoms with E-state index in [-0.39, 0.29) is 12.8 Å². The molecule has 0 bridgehead atoms. The van der Waals surface area contributed by atoms with E-state index in [2.05, 4.69) is 6.58 Å². The zero-order valence-electron chi connectivity index (χ0n) is 8.33. The molecule has 0 radical (unpaired) electrons. The first-order chi connectivity index (χ1) is 6.24. The Hall–Kier alpha value is -1.32. The third-order valence-corrected chi connectivity index (χ3v) is 3.37. The lowest BCUT2D eigenvalue weighted by Gasteiger charge is -2.32. The van der Waals surface area contributed by atoms with Crippen LogP contribution >= 0.6 is 0 Å². The van der Waals surface area contributed by atoms with Crippen molar-refractivity contribution in [2.75, 3.05) is 0 Å². The van der Waals surface area contributed by atoms with E-state index in [4.69, 9.17) is 10.2 Å². The molecule has 0 unspecified atom stereocenters. The second-order valence-electron chi connectivity index (χ2n) is 4.38. The highest BCUT2D eigenvalue weighted by Gasteiger charge is 2.59. The van der Waals surface area contributed by atoms with Gasteiger partial charge in [-0.3, -0.25) is 9.59 Å². The predicted molar refractivity (Wildman–Crippen MR) is 49.9 cm³/mol. The number of hydrogen-bond donors (Lipinski definition) is 2. The average Bonchev–Trinajstić information content (AvgIpc) is 2.24. The van der Waals surface area contributed by atoms with Gasteiger partial charge in [0.25, 0.3) is 0 Å². The third-order valence-electron chi connectivity index (χ3n) is 3.37. The number of carboxylic acid groups (broad SMARTS) is 2. The molecular weight excluding hydrogens is 184 g/mol. The van der Waals surface area contributed by atoms with Crippen LogP contribution in [0.15, 0.2) is 12.2 Å². The lowest BCUT2D eigenvalue weighted by atomic mass is 9.68. The monoisotopic (exact) mass is 198 g/mol. The minimum atomic E-state index is -1.24. The van der Waals surface area contributed by atoms with E-state index in [1.165, 1.54) is 13.8 Å². The Kier molecular flexibility index (Phi) is 2.18. The van der Waals surface area contributed by atoms with Crippen molar-refractivity contribution in [3.63, 3.8) is 0 Å². The summed E-state index contributed by atoms with van der Waals surface area (Å²) in [4.78, 5) is 22.2. The summed E-state index contributed by atoms with van der Waals surface area (Å²) in [5, 5.41) is 18.1. The molecule has 2 atom stereocenters. The van der Waals surface area contributed by atoms with Gasteiger partial charge in [0.05, 0.1) is 10.8 Å². The van der Waals surface area contributed by atoms with Crippen molar-refractivity contribution in [2.24, 2.45) is 10.8 Å². The smallest absolute Gasteiger partial charge is 0.310 e. The van der Waals surface area contributed by atoms with E-state index in [1.54, 1.807) is 0 Å². The molecule has 4 nitrogen and oxygen atoms in total. The van der Waals surface area contributed by atoms with Crippen molar-refractivity contribution in [2.45, 2.75) is 26.7 Å². The van der Waals surface area contributed by atoms with Gasteiger partial charge in [-0.1, -0.05) is 12.2 Å². The highest BCUT2D eigenvalue weighted by atomic mass is 16.4. The Bertz CT molecular complexity index is 290. The van der Waals surface area contributed by atoms with Crippen LogP contribution in [0.2, 0.25) is 0 Å². The zero-order valence-corrected chi connectivity index (χ0v) is 8.33. The van der Waals surface area contributed by atoms with Crippen LogP contribution < -0.4 is 0 Å². The molecule has 1 aliphatic carbocycles. The molecule has 0 aromatic carbocycles. The molecule has 0 aromatic heterocycles. The fourth-order valence-corrected chi connectivity index (χ4v) is 2.08. The van der Waals surface area contributed by atoms with Gasteiger partial charge in [-0.2, -0.15) is 0 Å². The minimum absolute atomic E-state index is 0.241. The second kappa shape index (κ2) is 2.83. The number of aliphatic carboxylic acids is 2. The minimum Gasteiger partial charge on any atom is -0.481 e. The average molecular weight is 198 g/mol. The van der Waals surface area contributed by atoms with Crippen LogP contribution in [0.5, 0.6) is 0 Å². The molecule has 2 N–H and O–H groups in total. The maximum Gasteiger partial charge on any atom is 0.310 e. The summed E-state index contributed by atoms with van der Waals surface area (Å²) in [5.74, 6) is -2.14. The largest absolute Gasteiger partial charge is 0.481 e. The lowest BCUT2D eigenvalue weighted by molar-refractivity contribution is -0.167. The van der Waals surface area contributed by atoms with Crippen LogP contribution in [-0.4, -0.2) is 22.2 Å². The van der Waals surface area contributed by atoms with Gasteiger partial charge in [-0.05, 0) is 26.7 Å². The van der Waals surface area contributed by atoms with Crippen molar-refractivity contribution in [3.05, 3.63) is 12.2 Å². The van der Waals surface area contributed by atoms with Crippen LogP contribution in [0.3, 0.4) is 0 Å². The summed E-state index contributed by atoms with van der Waals surface area (Å²) >= 11 is 0. The maximum absolute atomic E-state index is 11.1. The van der Waals surface area contributed by atoms with Crippen molar-refractivity contribution < 1.29 is 19.8 Å². The Labute approximate surface area is 82.2 Å². The summed E-state index contributed by atoms with van der Waals surface area (Å²) in [7, 11) is 0. The van der Waals surface area contributed by atoms with Crippen LogP contribution in [0.25, 0.3) is 0 Å². The molecule has 0 spiro atoms. The van der Waals surface area contributed by atoms with Crippen molar-refractivity contribution in [3.8, 4) is 0 Å². The second-order valence-corrected chi connectivity index (χ2v) is 4.38. The Morgan fingerprint density at radius 1 is 1.14 bits per heavy atom. The maximum atomic E-state index is 11.1. The molecule has 1 aliphatic rings. The van der Waals surface area contributed by atoms with Crippen molar-refractivity contribution in [1.29, 1.82) is 0 Å². The number of carbonyl (C=O) groups is 2. The van der Waals surface area contributed by atoms with Gasteiger partial charge in [-0.25, -0.2) is 0 Å². The van der Waals surface area contributed by atoms with Gasteiger partial charge in [0.15, 0.2) is 0 Å². The highest BCUT2D eigenvalue weighted by molar-refractivity contribution is 5.87. The Balaban J connectivity index is 3.24. The first-order valence-electron chi connectivity index (χ1n) is 4.37. The van der Waals surface area contributed by atoms with Crippen molar-refractivity contribution in [1.82, 2.24) is 0 Å². The van der Waals surface area contributed by atoms with E-state index < -0.39 is 22.8 Å². The molecule has 0 aromatic rings. The summed E-state index contributed by atoms with van der Waals surface area (Å²) < 4.78 is 0. The number of carboxylic acids is 2. The van der Waals surface area contributed by atoms with Gasteiger partial charge in [0, 0.05) is 0 Å². The lowest BCUT2D eigenvalue weighted by Crippen LogP contribution is -2.44. The number of rotatable bonds is 2. The van der Waals surface area contributed by atoms with Gasteiger partial charge < -0.3 is 10.2 Å². The molecule has 0 aliphatic heterocycles. The molecule has 4 heteroatoms. The molecule has 14 heavy (non-hydrogen) atoms. The summed E-state index contributed by atoms with van der Waals surface area (Å²) in [6.07, 6.45) is 0.482. The standard InChI is InChI=1S/C10H14O4/c1-6-4-9(2,7(11)12)10(3,5-6)8(13)14/h1,4-5H2,2-3H3,(H,11,12)(H,13,14)/t9-,10-/m0/s1. The fraction of sp³-hybridized carbons (Fsp3) is 0.600. The van der Waals surface area contributed by atoms with E-state index in [9.17, 15) is 9.59 Å². The number of hydrogen-bond acceptors (Lipinski definition) is 2. The van der Waals surface area contributed by atoms with Crippen LogP contribution in [-0.2, 0) is 9.59 Å². The van der Waals surface area contributed by atoms with Gasteiger partial charge >= 0.3 is 11.9 Å². The fourth-order valence-electron chi connectivity index (χ4n) is 2.08. The number of allylic oxidation sites excluding steroid dienone is 1. The molecule has 1 rings (SSSR count). The van der Waals surface area contributed by atoms with Gasteiger partial charge in [0.2, 0.25) is 0 Å². The normalized spacial score (nSPS) is 37.1. The first kappa shape index (κ1) is 10.8. The molecule has 0 heterocycles. The van der Waals surface area contributed by atoms with Crippen molar-refractivity contribution >= 4 is 11.9 Å². The van der Waals surface area contributed by atoms with Gasteiger partial charge in [0.1, 0.15) is 0 Å². The van der Waals surface area contributed by atoms with Crippen LogP contribution in [0, 0.1) is 10.8 Å². The van der Waals surface area contributed by atoms with E-state index in [0.717, 1.165) is 0 Å². The van der Waals surface area contributed by atoms with E-state index >= 15 is 0 Å². The summed E-state index contributed by atoms with van der Waals surface area (Å²) in [6.45, 7) is 6.63. The first-order valence-corrected chi connectivity index (χ1v) is 4.37. The topological polar surface area (TPSA) is 74.6 Å². The van der Waals surface area contributed by atoms with Gasteiger partial charge in [-0.15, -0.1) is 0 Å². The van der Waals surface area contributed by atoms with E-state index in [0.29, 0.717) is 5.57 Å². The zero-order chi connectivity index (χ0) is 11.1. The van der Waals surface area contributed by atoms with Crippen LogP contribution in [0.4, 0.5) is 0 Å². The molecule has 1 saturated carbocycles. The molecule has 78 valence electrons. The third kappa shape index (κ3) is 1.14. The Morgan fingerprint density at radius 3 is 1.64 bits per heavy atom. The van der Waals surface area contributed by atoms with Crippen LogP contribution in [0.1, 0.15) is 26.7 Å². The molecular formula is C10H14O4. The summed E-state index contributed by atoms with van der Waals surface area (Å²) in [6, 6.07) is 0. The molecule has 0 amide bonds.